The van der Waals surface area contributed by atoms with Gasteiger partial charge in [0.2, 0.25) is 0 Å². The van der Waals surface area contributed by atoms with Gasteiger partial charge < -0.3 is 5.32 Å². The first-order valence-electron chi connectivity index (χ1n) is 9.60. The number of likely N-dealkylation sites (tertiary alicyclic amines) is 1. The summed E-state index contributed by atoms with van der Waals surface area (Å²) in [5.41, 5.74) is 5.95. The number of hydrogen-bond acceptors (Lipinski definition) is 4. The third kappa shape index (κ3) is 2.68. The number of rotatable bonds is 2. The lowest BCUT2D eigenvalue weighted by Crippen LogP contribution is -2.60. The number of aromatic nitrogens is 2. The Hall–Kier alpha value is -1.78. The summed E-state index contributed by atoms with van der Waals surface area (Å²) >= 11 is 0. The summed E-state index contributed by atoms with van der Waals surface area (Å²) in [6.07, 6.45) is 7.04. The molecule has 2 aliphatic heterocycles. The van der Waals surface area contributed by atoms with Crippen molar-refractivity contribution in [3.05, 3.63) is 47.4 Å². The number of fused-ring (bicyclic) bond motifs is 1. The van der Waals surface area contributed by atoms with E-state index in [1.165, 1.54) is 63.0 Å². The number of piperidine rings is 1. The molecule has 1 aromatic carbocycles. The molecule has 25 heavy (non-hydrogen) atoms. The number of nitrogens with one attached hydrogen (secondary N) is 1. The van der Waals surface area contributed by atoms with Crippen LogP contribution in [0.15, 0.2) is 30.5 Å². The molecule has 0 unspecified atom stereocenters. The average Bonchev–Trinajstić information content (AvgIpc) is 3.03. The second kappa shape index (κ2) is 5.89. The molecule has 2 aromatic rings. The molecule has 2 saturated heterocycles. The minimum atomic E-state index is 0.617. The first-order chi connectivity index (χ1) is 12.2. The van der Waals surface area contributed by atoms with Crippen LogP contribution in [0.4, 0.5) is 0 Å². The van der Waals surface area contributed by atoms with Gasteiger partial charge in [-0.25, -0.2) is 9.97 Å². The highest BCUT2D eigenvalue weighted by atomic mass is 15.2. The van der Waals surface area contributed by atoms with Crippen LogP contribution < -0.4 is 5.32 Å². The fraction of sp³-hybridized carbons (Fsp3) is 0.524. The van der Waals surface area contributed by atoms with E-state index in [-0.39, 0.29) is 0 Å². The lowest BCUT2D eigenvalue weighted by atomic mass is 9.71. The number of hydrogen-bond donors (Lipinski definition) is 1. The highest BCUT2D eigenvalue weighted by Gasteiger charge is 2.46. The van der Waals surface area contributed by atoms with Crippen molar-refractivity contribution in [3.8, 4) is 11.3 Å². The van der Waals surface area contributed by atoms with E-state index in [0.29, 0.717) is 11.5 Å². The summed E-state index contributed by atoms with van der Waals surface area (Å²) in [5, 5.41) is 3.50. The van der Waals surface area contributed by atoms with Gasteiger partial charge in [-0.15, -0.1) is 0 Å². The summed E-state index contributed by atoms with van der Waals surface area (Å²) in [7, 11) is 0. The van der Waals surface area contributed by atoms with Gasteiger partial charge in [0.25, 0.3) is 0 Å². The maximum atomic E-state index is 4.58. The molecule has 4 heteroatoms. The van der Waals surface area contributed by atoms with Crippen LogP contribution in [-0.2, 0) is 6.42 Å². The van der Waals surface area contributed by atoms with Gasteiger partial charge >= 0.3 is 0 Å². The van der Waals surface area contributed by atoms with E-state index in [0.717, 1.165) is 11.5 Å². The zero-order valence-corrected chi connectivity index (χ0v) is 15.0. The molecule has 1 atom stereocenters. The fourth-order valence-corrected chi connectivity index (χ4v) is 5.06. The summed E-state index contributed by atoms with van der Waals surface area (Å²) in [6, 6.07) is 9.61. The van der Waals surface area contributed by atoms with E-state index in [9.17, 15) is 0 Å². The molecule has 0 saturated carbocycles. The lowest BCUT2D eigenvalue weighted by Gasteiger charge is -2.55. The van der Waals surface area contributed by atoms with E-state index in [2.05, 4.69) is 38.4 Å². The highest BCUT2D eigenvalue weighted by Crippen LogP contribution is 2.47. The van der Waals surface area contributed by atoms with Gasteiger partial charge in [0, 0.05) is 30.9 Å². The molecule has 0 bridgehead atoms. The Balaban J connectivity index is 1.35. The topological polar surface area (TPSA) is 41.1 Å². The van der Waals surface area contributed by atoms with Gasteiger partial charge in [0.05, 0.1) is 5.69 Å². The highest BCUT2D eigenvalue weighted by molar-refractivity contribution is 5.61. The Morgan fingerprint density at radius 3 is 2.80 bits per heavy atom. The Labute approximate surface area is 149 Å². The van der Waals surface area contributed by atoms with Gasteiger partial charge in [0.1, 0.15) is 5.82 Å². The molecule has 130 valence electrons. The van der Waals surface area contributed by atoms with Crippen LogP contribution in [0, 0.1) is 12.3 Å². The van der Waals surface area contributed by atoms with E-state index >= 15 is 0 Å². The minimum absolute atomic E-state index is 0.617. The lowest BCUT2D eigenvalue weighted by molar-refractivity contribution is -0.0512. The van der Waals surface area contributed by atoms with Crippen LogP contribution in [0.1, 0.15) is 42.3 Å². The molecule has 1 aromatic heterocycles. The van der Waals surface area contributed by atoms with Crippen molar-refractivity contribution in [2.75, 3.05) is 26.2 Å². The van der Waals surface area contributed by atoms with Crippen LogP contribution in [0.25, 0.3) is 11.3 Å². The zero-order chi connectivity index (χ0) is 16.9. The number of benzene rings is 1. The van der Waals surface area contributed by atoms with Crippen molar-refractivity contribution in [3.63, 3.8) is 0 Å². The molecule has 0 radical (unpaired) electrons. The second-order valence-electron chi connectivity index (χ2n) is 8.11. The molecule has 1 spiro atoms. The smallest absolute Gasteiger partial charge is 0.125 e. The molecule has 1 aliphatic carbocycles. The second-order valence-corrected chi connectivity index (χ2v) is 8.11. The van der Waals surface area contributed by atoms with Crippen molar-refractivity contribution in [2.24, 2.45) is 5.41 Å². The van der Waals surface area contributed by atoms with E-state index < -0.39 is 0 Å². The van der Waals surface area contributed by atoms with Gasteiger partial charge in [-0.3, -0.25) is 4.90 Å². The predicted octanol–water partition coefficient (Wildman–Crippen LogP) is 3.12. The Morgan fingerprint density at radius 2 is 2.00 bits per heavy atom. The maximum Gasteiger partial charge on any atom is 0.125 e. The molecule has 3 aliphatic rings. The zero-order valence-electron chi connectivity index (χ0n) is 15.0. The van der Waals surface area contributed by atoms with E-state index in [4.69, 9.17) is 0 Å². The maximum absolute atomic E-state index is 4.58. The Morgan fingerprint density at radius 1 is 1.16 bits per heavy atom. The normalized spacial score (nSPS) is 24.9. The summed E-state index contributed by atoms with van der Waals surface area (Å²) in [4.78, 5) is 11.5. The first kappa shape index (κ1) is 15.5. The summed E-state index contributed by atoms with van der Waals surface area (Å²) < 4.78 is 0. The van der Waals surface area contributed by atoms with E-state index in [1.54, 1.807) is 5.56 Å². The number of nitrogens with zero attached hydrogens (tertiary/aromatic N) is 3. The molecule has 4 nitrogen and oxygen atoms in total. The predicted molar refractivity (Wildman–Crippen MR) is 99.4 cm³/mol. The number of aryl methyl sites for hydroxylation is 2. The Bertz CT molecular complexity index is 786. The van der Waals surface area contributed by atoms with Crippen molar-refractivity contribution in [1.29, 1.82) is 0 Å². The van der Waals surface area contributed by atoms with Gasteiger partial charge in [-0.1, -0.05) is 12.1 Å². The molecule has 2 fully saturated rings. The van der Waals surface area contributed by atoms with Crippen LogP contribution in [-0.4, -0.2) is 41.0 Å². The van der Waals surface area contributed by atoms with Crippen molar-refractivity contribution >= 4 is 0 Å². The van der Waals surface area contributed by atoms with Gasteiger partial charge in [0.15, 0.2) is 0 Å². The molecule has 1 N–H and O–H groups in total. The summed E-state index contributed by atoms with van der Waals surface area (Å²) in [5.74, 6) is 0.837. The quantitative estimate of drug-likeness (QED) is 0.916. The molecular weight excluding hydrogens is 308 g/mol. The molecule has 0 amide bonds. The molecular formula is C21H26N4. The molecule has 5 rings (SSSR count). The summed E-state index contributed by atoms with van der Waals surface area (Å²) in [6.45, 7) is 6.96. The van der Waals surface area contributed by atoms with Crippen molar-refractivity contribution < 1.29 is 0 Å². The average molecular weight is 334 g/mol. The largest absolute Gasteiger partial charge is 0.317 e. The third-order valence-electron chi connectivity index (χ3n) is 6.44. The van der Waals surface area contributed by atoms with Crippen LogP contribution >= 0.6 is 0 Å². The van der Waals surface area contributed by atoms with Crippen LogP contribution in [0.5, 0.6) is 0 Å². The monoisotopic (exact) mass is 334 g/mol. The SMILES string of the molecule is Cc1nccc(-c2ccc3c(c2)CC[C@H]3N2CC3(CCNCC3)C2)n1. The van der Waals surface area contributed by atoms with Gasteiger partial charge in [-0.2, -0.15) is 0 Å². The first-order valence-corrected chi connectivity index (χ1v) is 9.60. The fourth-order valence-electron chi connectivity index (χ4n) is 5.06. The van der Waals surface area contributed by atoms with Crippen molar-refractivity contribution in [2.45, 2.75) is 38.6 Å². The van der Waals surface area contributed by atoms with Crippen molar-refractivity contribution in [1.82, 2.24) is 20.2 Å². The Kier molecular flexibility index (Phi) is 3.64. The van der Waals surface area contributed by atoms with Crippen LogP contribution in [0.3, 0.4) is 0 Å². The minimum Gasteiger partial charge on any atom is -0.317 e. The van der Waals surface area contributed by atoms with Crippen LogP contribution in [0.2, 0.25) is 0 Å². The third-order valence-corrected chi connectivity index (χ3v) is 6.44. The standard InChI is InChI=1S/C21H26N4/c1-15-23-9-6-19(24-15)17-2-4-18-16(12-17)3-5-20(18)25-13-21(14-25)7-10-22-11-8-21/h2,4,6,9,12,20,22H,3,5,7-8,10-11,13-14H2,1H3/t20-/m1/s1. The molecule has 3 heterocycles. The van der Waals surface area contributed by atoms with Gasteiger partial charge in [-0.05, 0) is 74.4 Å². The van der Waals surface area contributed by atoms with E-state index in [1.807, 2.05) is 19.2 Å².